The van der Waals surface area contributed by atoms with Gasteiger partial charge in [-0.05, 0) is 19.1 Å². The summed E-state index contributed by atoms with van der Waals surface area (Å²) in [5, 5.41) is -1.11. The zero-order chi connectivity index (χ0) is 18.6. The maximum atomic E-state index is 14.4. The van der Waals surface area contributed by atoms with Gasteiger partial charge in [0, 0.05) is 32.7 Å². The van der Waals surface area contributed by atoms with Gasteiger partial charge in [0.15, 0.2) is 0 Å². The van der Waals surface area contributed by atoms with Gasteiger partial charge in [-0.25, -0.2) is 23.6 Å². The number of alkyl halides is 3. The fraction of sp³-hybridized carbons (Fsp3) is 0.353. The molecule has 2 rings (SSSR count). The number of allylic oxidation sites excluding steroid dienone is 1. The second-order valence-electron chi connectivity index (χ2n) is 5.01. The van der Waals surface area contributed by atoms with Crippen LogP contribution in [0.15, 0.2) is 12.1 Å². The zero-order valence-electron chi connectivity index (χ0n) is 13.7. The molecule has 1 aliphatic heterocycles. The molecule has 0 saturated heterocycles. The summed E-state index contributed by atoms with van der Waals surface area (Å²) < 4.78 is 59.3. The molecule has 9 heteroatoms. The number of rotatable bonds is 5. The minimum atomic E-state index is -2.90. The Morgan fingerprint density at radius 3 is 2.54 bits per heavy atom. The molecule has 0 N–H and O–H groups in total. The largest absolute Gasteiger partial charge is 0.481 e. The fourth-order valence-corrected chi connectivity index (χ4v) is 2.44. The molecule has 1 unspecified atom stereocenters. The van der Waals surface area contributed by atoms with Crippen LogP contribution in [0.2, 0.25) is 0 Å². The van der Waals surface area contributed by atoms with Crippen molar-refractivity contribution in [2.45, 2.75) is 25.1 Å². The standard InChI is InChI=1S/C17H13ClF4NO2.Y/c1-2-3-6-25-10-7-12(19)16(13(20)8-10)14-5-4-11(18)17(24)23(14)9-15(21)22;/h7-8,11,15H,4,6,9H2,1H3;/q-1;. The molecule has 0 spiro atoms. The van der Waals surface area contributed by atoms with E-state index >= 15 is 0 Å². The molecule has 0 saturated carbocycles. The second kappa shape index (κ2) is 10.3. The summed E-state index contributed by atoms with van der Waals surface area (Å²) in [6.07, 6.45) is -0.501. The van der Waals surface area contributed by atoms with Crippen LogP contribution in [0.1, 0.15) is 18.9 Å². The molecule has 26 heavy (non-hydrogen) atoms. The van der Waals surface area contributed by atoms with Gasteiger partial charge in [0.1, 0.15) is 17.7 Å². The maximum Gasteiger partial charge on any atom is 0.256 e. The number of nitrogens with zero attached hydrogens (tertiary/aromatic N) is 1. The molecule has 1 heterocycles. The first kappa shape index (κ1) is 22.9. The summed E-state index contributed by atoms with van der Waals surface area (Å²) >= 11 is 5.74. The van der Waals surface area contributed by atoms with E-state index in [2.05, 4.69) is 17.9 Å². The summed E-state index contributed by atoms with van der Waals surface area (Å²) in [4.78, 5) is 12.6. The summed E-state index contributed by atoms with van der Waals surface area (Å²) in [6, 6.07) is 1.78. The topological polar surface area (TPSA) is 29.5 Å². The Hall–Kier alpha value is -1.10. The van der Waals surface area contributed by atoms with Crippen molar-refractivity contribution < 1.29 is 59.8 Å². The third-order valence-corrected chi connectivity index (χ3v) is 3.65. The average molecular weight is 464 g/mol. The first-order chi connectivity index (χ1) is 11.8. The number of carbonyl (C=O) groups is 1. The quantitative estimate of drug-likeness (QED) is 0.289. The smallest absolute Gasteiger partial charge is 0.256 e. The number of hydrogen-bond donors (Lipinski definition) is 0. The minimum absolute atomic E-state index is 0. The van der Waals surface area contributed by atoms with Crippen molar-refractivity contribution in [3.05, 3.63) is 35.4 Å². The minimum Gasteiger partial charge on any atom is -0.481 e. The number of halogens is 5. The van der Waals surface area contributed by atoms with Crippen molar-refractivity contribution in [1.29, 1.82) is 0 Å². The third-order valence-electron chi connectivity index (χ3n) is 3.31. The van der Waals surface area contributed by atoms with Gasteiger partial charge in [0.05, 0.1) is 18.2 Å². The van der Waals surface area contributed by atoms with Gasteiger partial charge in [0.2, 0.25) is 5.91 Å². The number of carbonyl (C=O) groups excluding carboxylic acids is 1. The maximum absolute atomic E-state index is 14.4. The molecule has 0 fully saturated rings. The van der Waals surface area contributed by atoms with Crippen molar-refractivity contribution in [1.82, 2.24) is 4.90 Å². The van der Waals surface area contributed by atoms with E-state index in [-0.39, 0.29) is 51.5 Å². The SMILES string of the molecule is CC#CCOc1cc(F)c(C2=[C-]CC(Cl)C(=O)N2CC(F)F)c(F)c1.[Y]. The van der Waals surface area contributed by atoms with Gasteiger partial charge in [0.25, 0.3) is 6.43 Å². The number of ether oxygens (including phenoxy) is 1. The van der Waals surface area contributed by atoms with Crippen molar-refractivity contribution in [2.24, 2.45) is 0 Å². The van der Waals surface area contributed by atoms with E-state index < -0.39 is 47.1 Å². The van der Waals surface area contributed by atoms with Crippen LogP contribution in [0.4, 0.5) is 17.6 Å². The monoisotopic (exact) mass is 463 g/mol. The number of benzene rings is 1. The van der Waals surface area contributed by atoms with Crippen molar-refractivity contribution in [3.63, 3.8) is 0 Å². The van der Waals surface area contributed by atoms with Crippen LogP contribution in [0.5, 0.6) is 5.75 Å². The molecule has 1 aliphatic rings. The predicted molar refractivity (Wildman–Crippen MR) is 83.9 cm³/mol. The van der Waals surface area contributed by atoms with Gasteiger partial charge in [-0.15, -0.1) is 23.2 Å². The Morgan fingerprint density at radius 1 is 1.38 bits per heavy atom. The van der Waals surface area contributed by atoms with Crippen molar-refractivity contribution in [2.75, 3.05) is 13.2 Å². The van der Waals surface area contributed by atoms with E-state index in [0.717, 1.165) is 12.1 Å². The molecule has 1 aromatic carbocycles. The van der Waals surface area contributed by atoms with Crippen LogP contribution in [0.3, 0.4) is 0 Å². The van der Waals surface area contributed by atoms with Gasteiger partial charge >= 0.3 is 0 Å². The molecular formula is C17H13ClF4NO2Y-. The molecule has 1 aromatic rings. The first-order valence-electron chi connectivity index (χ1n) is 7.21. The Labute approximate surface area is 178 Å². The summed E-state index contributed by atoms with van der Waals surface area (Å²) in [7, 11) is 0. The summed E-state index contributed by atoms with van der Waals surface area (Å²) in [5.41, 5.74) is -1.02. The van der Waals surface area contributed by atoms with Crippen molar-refractivity contribution in [3.8, 4) is 17.6 Å². The summed E-state index contributed by atoms with van der Waals surface area (Å²) in [6.45, 7) is 0.485. The molecule has 1 radical (unpaired) electrons. The van der Waals surface area contributed by atoms with Crippen LogP contribution < -0.4 is 4.74 Å². The van der Waals surface area contributed by atoms with E-state index in [0.29, 0.717) is 4.90 Å². The van der Waals surface area contributed by atoms with Crippen LogP contribution in [-0.4, -0.2) is 35.8 Å². The summed E-state index contributed by atoms with van der Waals surface area (Å²) in [5.74, 6) is 2.03. The van der Waals surface area contributed by atoms with Crippen LogP contribution in [0.25, 0.3) is 5.70 Å². The van der Waals surface area contributed by atoms with E-state index in [1.807, 2.05) is 0 Å². The van der Waals surface area contributed by atoms with Crippen LogP contribution >= 0.6 is 11.6 Å². The van der Waals surface area contributed by atoms with E-state index in [1.54, 1.807) is 6.92 Å². The molecule has 0 aliphatic carbocycles. The van der Waals surface area contributed by atoms with Gasteiger partial charge in [-0.2, -0.15) is 0 Å². The molecule has 3 nitrogen and oxygen atoms in total. The van der Waals surface area contributed by atoms with Crippen LogP contribution in [0, 0.1) is 29.6 Å². The molecular weight excluding hydrogens is 451 g/mol. The van der Waals surface area contributed by atoms with E-state index in [1.165, 1.54) is 0 Å². The van der Waals surface area contributed by atoms with E-state index in [4.69, 9.17) is 16.3 Å². The predicted octanol–water partition coefficient (Wildman–Crippen LogP) is 3.61. The van der Waals surface area contributed by atoms with E-state index in [9.17, 15) is 22.4 Å². The Morgan fingerprint density at radius 2 is 2.00 bits per heavy atom. The van der Waals surface area contributed by atoms with Gasteiger partial charge in [-0.1, -0.05) is 17.9 Å². The molecule has 1 atom stereocenters. The first-order valence-corrected chi connectivity index (χ1v) is 7.65. The zero-order valence-corrected chi connectivity index (χ0v) is 17.3. The van der Waals surface area contributed by atoms with Crippen LogP contribution in [-0.2, 0) is 37.5 Å². The number of amides is 1. The molecule has 0 aromatic heterocycles. The Bertz CT molecular complexity index is 738. The average Bonchev–Trinajstić information content (AvgIpc) is 2.53. The number of hydrogen-bond acceptors (Lipinski definition) is 2. The third kappa shape index (κ3) is 5.45. The Balaban J connectivity index is 0.00000338. The van der Waals surface area contributed by atoms with Crippen molar-refractivity contribution >= 4 is 23.2 Å². The van der Waals surface area contributed by atoms with Gasteiger partial charge < -0.3 is 9.64 Å². The molecule has 137 valence electrons. The second-order valence-corrected chi connectivity index (χ2v) is 5.54. The Kier molecular flexibility index (Phi) is 9.08. The molecule has 1 amide bonds. The fourth-order valence-electron chi connectivity index (χ4n) is 2.24. The molecule has 0 bridgehead atoms. The normalized spacial score (nSPS) is 16.6. The van der Waals surface area contributed by atoms with Gasteiger partial charge in [-0.3, -0.25) is 4.79 Å².